The molecule has 0 aliphatic heterocycles. The van der Waals surface area contributed by atoms with Crippen LogP contribution in [0.2, 0.25) is 0 Å². The lowest BCUT2D eigenvalue weighted by Gasteiger charge is -2.19. The monoisotopic (exact) mass is 353 g/mol. The van der Waals surface area contributed by atoms with E-state index >= 15 is 0 Å². The fourth-order valence-corrected chi connectivity index (χ4v) is 4.05. The van der Waals surface area contributed by atoms with E-state index in [0.717, 1.165) is 24.8 Å². The van der Waals surface area contributed by atoms with Gasteiger partial charge in [0.25, 0.3) is 0 Å². The molecular formula is C17H27N3O3S. The standard InChI is InChI=1S/C17H27N3O3S/c1-12(19-17(21)11-14-7-5-9-16(14)18)13-6-4-8-15(10-13)24(22,23)20(2)3/h4,6,8,10,12,14,16H,5,7,9,11,18H2,1-3H3,(H,19,21)/t12?,14-,16+/m0/s1. The second-order valence-corrected chi connectivity index (χ2v) is 8.86. The summed E-state index contributed by atoms with van der Waals surface area (Å²) in [5, 5.41) is 2.95. The molecule has 3 atom stereocenters. The number of benzene rings is 1. The number of nitrogens with two attached hydrogens (primary N) is 1. The number of hydrogen-bond donors (Lipinski definition) is 2. The molecule has 0 radical (unpaired) electrons. The molecule has 1 amide bonds. The molecule has 3 N–H and O–H groups in total. The van der Waals surface area contributed by atoms with E-state index in [0.29, 0.717) is 6.42 Å². The van der Waals surface area contributed by atoms with Crippen molar-refractivity contribution in [2.24, 2.45) is 11.7 Å². The fraction of sp³-hybridized carbons (Fsp3) is 0.588. The van der Waals surface area contributed by atoms with E-state index in [1.54, 1.807) is 18.2 Å². The summed E-state index contributed by atoms with van der Waals surface area (Å²) in [5.74, 6) is 0.211. The minimum Gasteiger partial charge on any atom is -0.350 e. The molecule has 1 fully saturated rings. The Balaban J connectivity index is 2.04. The minimum absolute atomic E-state index is 0.0364. The van der Waals surface area contributed by atoms with Crippen molar-refractivity contribution in [2.45, 2.75) is 49.6 Å². The molecule has 6 nitrogen and oxygen atoms in total. The number of hydrogen-bond acceptors (Lipinski definition) is 4. The van der Waals surface area contributed by atoms with Crippen molar-refractivity contribution in [3.05, 3.63) is 29.8 Å². The third-order valence-electron chi connectivity index (χ3n) is 4.68. The molecule has 24 heavy (non-hydrogen) atoms. The van der Waals surface area contributed by atoms with Gasteiger partial charge in [-0.1, -0.05) is 18.6 Å². The Labute approximate surface area is 144 Å². The van der Waals surface area contributed by atoms with Crippen molar-refractivity contribution < 1.29 is 13.2 Å². The Morgan fingerprint density at radius 1 is 1.38 bits per heavy atom. The van der Waals surface area contributed by atoms with Gasteiger partial charge in [0.05, 0.1) is 10.9 Å². The maximum atomic E-state index is 12.2. The van der Waals surface area contributed by atoms with Crippen molar-refractivity contribution in [1.29, 1.82) is 0 Å². The average molecular weight is 353 g/mol. The van der Waals surface area contributed by atoms with Crippen LogP contribution in [0.1, 0.15) is 44.2 Å². The normalized spacial score (nSPS) is 22.5. The molecule has 1 unspecified atom stereocenters. The van der Waals surface area contributed by atoms with Crippen LogP contribution in [0.15, 0.2) is 29.2 Å². The van der Waals surface area contributed by atoms with Crippen molar-refractivity contribution >= 4 is 15.9 Å². The molecule has 134 valence electrons. The van der Waals surface area contributed by atoms with Crippen molar-refractivity contribution in [1.82, 2.24) is 9.62 Å². The maximum Gasteiger partial charge on any atom is 0.242 e. The molecule has 1 aromatic rings. The molecule has 0 spiro atoms. The van der Waals surface area contributed by atoms with Crippen LogP contribution in [0.4, 0.5) is 0 Å². The highest BCUT2D eigenvalue weighted by molar-refractivity contribution is 7.89. The molecule has 2 rings (SSSR count). The average Bonchev–Trinajstić information content (AvgIpc) is 2.92. The summed E-state index contributed by atoms with van der Waals surface area (Å²) < 4.78 is 25.6. The summed E-state index contributed by atoms with van der Waals surface area (Å²) in [6.07, 6.45) is 3.50. The number of carbonyl (C=O) groups excluding carboxylic acids is 1. The van der Waals surface area contributed by atoms with Gasteiger partial charge in [-0.15, -0.1) is 0 Å². The Morgan fingerprint density at radius 2 is 2.08 bits per heavy atom. The van der Waals surface area contributed by atoms with Gasteiger partial charge in [-0.2, -0.15) is 0 Å². The van der Waals surface area contributed by atoms with E-state index < -0.39 is 10.0 Å². The zero-order valence-electron chi connectivity index (χ0n) is 14.5. The number of carbonyl (C=O) groups is 1. The summed E-state index contributed by atoms with van der Waals surface area (Å²) in [7, 11) is -0.487. The van der Waals surface area contributed by atoms with Crippen molar-refractivity contribution in [3.63, 3.8) is 0 Å². The Bertz CT molecular complexity index is 688. The quantitative estimate of drug-likeness (QED) is 0.813. The lowest BCUT2D eigenvalue weighted by molar-refractivity contribution is -0.122. The van der Waals surface area contributed by atoms with E-state index in [9.17, 15) is 13.2 Å². The number of sulfonamides is 1. The van der Waals surface area contributed by atoms with E-state index in [4.69, 9.17) is 5.73 Å². The molecule has 1 aliphatic rings. The van der Waals surface area contributed by atoms with Crippen LogP contribution in [0, 0.1) is 5.92 Å². The molecule has 0 saturated heterocycles. The van der Waals surface area contributed by atoms with E-state index in [2.05, 4.69) is 5.32 Å². The molecular weight excluding hydrogens is 326 g/mol. The van der Waals surface area contributed by atoms with Crippen molar-refractivity contribution in [2.75, 3.05) is 14.1 Å². The molecule has 7 heteroatoms. The van der Waals surface area contributed by atoms with Gasteiger partial charge >= 0.3 is 0 Å². The summed E-state index contributed by atoms with van der Waals surface area (Å²) >= 11 is 0. The smallest absolute Gasteiger partial charge is 0.242 e. The molecule has 0 bridgehead atoms. The van der Waals surface area contributed by atoms with Crippen LogP contribution < -0.4 is 11.1 Å². The van der Waals surface area contributed by atoms with Gasteiger partial charge in [0.2, 0.25) is 15.9 Å². The zero-order chi connectivity index (χ0) is 17.9. The number of nitrogens with zero attached hydrogens (tertiary/aromatic N) is 1. The van der Waals surface area contributed by atoms with Crippen LogP contribution in [-0.4, -0.2) is 38.8 Å². The summed E-state index contributed by atoms with van der Waals surface area (Å²) in [6, 6.07) is 6.54. The van der Waals surface area contributed by atoms with Gasteiger partial charge in [-0.25, -0.2) is 12.7 Å². The molecule has 1 saturated carbocycles. The highest BCUT2D eigenvalue weighted by atomic mass is 32.2. The third-order valence-corrected chi connectivity index (χ3v) is 6.49. The van der Waals surface area contributed by atoms with Crippen molar-refractivity contribution in [3.8, 4) is 0 Å². The fourth-order valence-electron chi connectivity index (χ4n) is 3.10. The Morgan fingerprint density at radius 3 is 2.67 bits per heavy atom. The first-order valence-electron chi connectivity index (χ1n) is 8.29. The molecule has 1 aromatic carbocycles. The van der Waals surface area contributed by atoms with Gasteiger partial charge in [0.1, 0.15) is 0 Å². The lowest BCUT2D eigenvalue weighted by Crippen LogP contribution is -2.33. The summed E-state index contributed by atoms with van der Waals surface area (Å²) in [5.41, 5.74) is 6.78. The zero-order valence-corrected chi connectivity index (χ0v) is 15.3. The Kier molecular flexibility index (Phi) is 6.01. The predicted octanol–water partition coefficient (Wildman–Crippen LogP) is 1.63. The molecule has 0 heterocycles. The second kappa shape index (κ2) is 7.63. The molecule has 1 aliphatic carbocycles. The Hall–Kier alpha value is -1.44. The predicted molar refractivity (Wildman–Crippen MR) is 93.8 cm³/mol. The van der Waals surface area contributed by atoms with Gasteiger partial charge in [-0.05, 0) is 43.4 Å². The largest absolute Gasteiger partial charge is 0.350 e. The highest BCUT2D eigenvalue weighted by Crippen LogP contribution is 2.27. The van der Waals surface area contributed by atoms with E-state index in [1.807, 2.05) is 13.0 Å². The second-order valence-electron chi connectivity index (χ2n) is 6.71. The van der Waals surface area contributed by atoms with Crippen LogP contribution in [0.5, 0.6) is 0 Å². The van der Waals surface area contributed by atoms with E-state index in [-0.39, 0.29) is 28.8 Å². The lowest BCUT2D eigenvalue weighted by atomic mass is 9.99. The van der Waals surface area contributed by atoms with Gasteiger partial charge < -0.3 is 11.1 Å². The van der Waals surface area contributed by atoms with Crippen LogP contribution in [0.3, 0.4) is 0 Å². The SMILES string of the molecule is CC(NC(=O)C[C@@H]1CCC[C@H]1N)c1cccc(S(=O)(=O)N(C)C)c1. The van der Waals surface area contributed by atoms with Gasteiger partial charge in [-0.3, -0.25) is 4.79 Å². The molecule has 0 aromatic heterocycles. The van der Waals surface area contributed by atoms with Crippen LogP contribution in [0.25, 0.3) is 0 Å². The third kappa shape index (κ3) is 4.34. The highest BCUT2D eigenvalue weighted by Gasteiger charge is 2.26. The van der Waals surface area contributed by atoms with Crippen LogP contribution >= 0.6 is 0 Å². The first-order chi connectivity index (χ1) is 11.2. The summed E-state index contributed by atoms with van der Waals surface area (Å²) in [6.45, 7) is 1.86. The van der Waals surface area contributed by atoms with Gasteiger partial charge in [0, 0.05) is 26.6 Å². The number of amides is 1. The summed E-state index contributed by atoms with van der Waals surface area (Å²) in [4.78, 5) is 12.5. The van der Waals surface area contributed by atoms with Crippen LogP contribution in [-0.2, 0) is 14.8 Å². The topological polar surface area (TPSA) is 92.5 Å². The minimum atomic E-state index is -3.48. The van der Waals surface area contributed by atoms with Gasteiger partial charge in [0.15, 0.2) is 0 Å². The van der Waals surface area contributed by atoms with E-state index in [1.165, 1.54) is 18.4 Å². The number of rotatable bonds is 6. The first kappa shape index (κ1) is 18.9. The number of nitrogens with one attached hydrogen (secondary N) is 1. The maximum absolute atomic E-state index is 12.2. The first-order valence-corrected chi connectivity index (χ1v) is 9.73.